The molecular formula is C11H9N5O2. The number of carbonyl (C=O) groups is 1. The zero-order valence-corrected chi connectivity index (χ0v) is 9.45. The maximum Gasteiger partial charge on any atom is 0.337 e. The molecule has 0 fully saturated rings. The molecule has 18 heavy (non-hydrogen) atoms. The fraction of sp³-hybridized carbons (Fsp3) is 0.0909. The minimum Gasteiger partial charge on any atom is -0.478 e. The summed E-state index contributed by atoms with van der Waals surface area (Å²) >= 11 is 0. The second-order valence-electron chi connectivity index (χ2n) is 3.88. The Labute approximate surface area is 101 Å². The van der Waals surface area contributed by atoms with Gasteiger partial charge < -0.3 is 5.11 Å². The van der Waals surface area contributed by atoms with Gasteiger partial charge in [-0.15, -0.1) is 10.2 Å². The van der Waals surface area contributed by atoms with Crippen LogP contribution in [-0.4, -0.2) is 35.9 Å². The number of aromatic nitrogens is 5. The van der Waals surface area contributed by atoms with Crippen molar-refractivity contribution in [1.29, 1.82) is 0 Å². The normalized spacial score (nSPS) is 10.9. The van der Waals surface area contributed by atoms with E-state index in [1.54, 1.807) is 16.7 Å². The summed E-state index contributed by atoms with van der Waals surface area (Å²) in [7, 11) is 0. The second-order valence-corrected chi connectivity index (χ2v) is 3.88. The monoisotopic (exact) mass is 243 g/mol. The fourth-order valence-corrected chi connectivity index (χ4v) is 1.78. The fourth-order valence-electron chi connectivity index (χ4n) is 1.78. The van der Waals surface area contributed by atoms with Crippen molar-refractivity contribution >= 4 is 11.6 Å². The van der Waals surface area contributed by atoms with Gasteiger partial charge in [-0.25, -0.2) is 4.79 Å². The molecule has 90 valence electrons. The molecule has 0 aromatic carbocycles. The van der Waals surface area contributed by atoms with Gasteiger partial charge >= 0.3 is 5.97 Å². The van der Waals surface area contributed by atoms with Gasteiger partial charge in [0.2, 0.25) is 0 Å². The number of nitrogens with one attached hydrogen (secondary N) is 1. The van der Waals surface area contributed by atoms with E-state index in [9.17, 15) is 4.79 Å². The van der Waals surface area contributed by atoms with E-state index in [2.05, 4.69) is 20.4 Å². The Balaban J connectivity index is 2.27. The predicted molar refractivity (Wildman–Crippen MR) is 62.3 cm³/mol. The van der Waals surface area contributed by atoms with E-state index >= 15 is 0 Å². The van der Waals surface area contributed by atoms with E-state index in [4.69, 9.17) is 5.11 Å². The number of nitrogens with zero attached hydrogens (tertiary/aromatic N) is 4. The van der Waals surface area contributed by atoms with Gasteiger partial charge in [0.25, 0.3) is 0 Å². The summed E-state index contributed by atoms with van der Waals surface area (Å²) in [6.45, 7) is 1.87. The first-order valence-electron chi connectivity index (χ1n) is 5.25. The van der Waals surface area contributed by atoms with Crippen molar-refractivity contribution in [2.75, 3.05) is 0 Å². The van der Waals surface area contributed by atoms with Crippen molar-refractivity contribution in [3.8, 4) is 11.4 Å². The van der Waals surface area contributed by atoms with E-state index in [0.717, 1.165) is 11.3 Å². The minimum atomic E-state index is -0.986. The third-order valence-corrected chi connectivity index (χ3v) is 2.72. The molecule has 3 heterocycles. The summed E-state index contributed by atoms with van der Waals surface area (Å²) in [6, 6.07) is 3.12. The molecule has 0 bridgehead atoms. The van der Waals surface area contributed by atoms with Crippen molar-refractivity contribution in [1.82, 2.24) is 24.8 Å². The van der Waals surface area contributed by atoms with Crippen molar-refractivity contribution in [2.24, 2.45) is 0 Å². The lowest BCUT2D eigenvalue weighted by Gasteiger charge is -2.00. The van der Waals surface area contributed by atoms with Crippen molar-refractivity contribution in [3.05, 3.63) is 35.8 Å². The molecule has 2 N–H and O–H groups in total. The molecular weight excluding hydrogens is 234 g/mol. The average Bonchev–Trinajstić information content (AvgIpc) is 2.93. The Morgan fingerprint density at radius 1 is 1.39 bits per heavy atom. The van der Waals surface area contributed by atoms with Crippen LogP contribution in [0.5, 0.6) is 0 Å². The molecule has 3 aromatic rings. The van der Waals surface area contributed by atoms with Gasteiger partial charge in [0.1, 0.15) is 0 Å². The molecule has 0 spiro atoms. The Hall–Kier alpha value is -2.70. The van der Waals surface area contributed by atoms with Gasteiger partial charge in [0, 0.05) is 11.9 Å². The first-order chi connectivity index (χ1) is 8.66. The van der Waals surface area contributed by atoms with Crippen molar-refractivity contribution in [2.45, 2.75) is 6.92 Å². The van der Waals surface area contributed by atoms with Gasteiger partial charge in [0.15, 0.2) is 11.5 Å². The van der Waals surface area contributed by atoms with Crippen LogP contribution in [0.1, 0.15) is 16.1 Å². The number of fused-ring (bicyclic) bond motifs is 1. The van der Waals surface area contributed by atoms with Crippen LogP contribution in [-0.2, 0) is 0 Å². The van der Waals surface area contributed by atoms with Gasteiger partial charge in [0.05, 0.1) is 17.3 Å². The largest absolute Gasteiger partial charge is 0.478 e. The average molecular weight is 243 g/mol. The Bertz CT molecular complexity index is 743. The van der Waals surface area contributed by atoms with E-state index in [-0.39, 0.29) is 5.56 Å². The van der Waals surface area contributed by atoms with Crippen molar-refractivity contribution < 1.29 is 9.90 Å². The molecule has 7 heteroatoms. The van der Waals surface area contributed by atoms with Crippen LogP contribution in [0.3, 0.4) is 0 Å². The number of hydrogen-bond acceptors (Lipinski definition) is 4. The molecule has 0 unspecified atom stereocenters. The molecule has 0 aliphatic heterocycles. The zero-order chi connectivity index (χ0) is 12.7. The van der Waals surface area contributed by atoms with Crippen molar-refractivity contribution in [3.63, 3.8) is 0 Å². The molecule has 3 rings (SSSR count). The highest BCUT2D eigenvalue weighted by Gasteiger charge is 2.13. The maximum absolute atomic E-state index is 11.0. The summed E-state index contributed by atoms with van der Waals surface area (Å²) in [5, 5.41) is 23.8. The highest BCUT2D eigenvalue weighted by atomic mass is 16.4. The number of H-pyrrole nitrogens is 1. The van der Waals surface area contributed by atoms with Crippen LogP contribution in [0.4, 0.5) is 0 Å². The maximum atomic E-state index is 11.0. The molecule has 0 amide bonds. The molecule has 0 aliphatic carbocycles. The number of aromatic amines is 1. The second kappa shape index (κ2) is 3.66. The summed E-state index contributed by atoms with van der Waals surface area (Å²) in [6.07, 6.45) is 3.14. The number of rotatable bonds is 2. The predicted octanol–water partition coefficient (Wildman–Crippen LogP) is 1.13. The number of carboxylic acid groups (broad SMARTS) is 1. The lowest BCUT2D eigenvalue weighted by atomic mass is 10.2. The quantitative estimate of drug-likeness (QED) is 0.703. The van der Waals surface area contributed by atoms with Crippen LogP contribution < -0.4 is 0 Å². The van der Waals surface area contributed by atoms with Gasteiger partial charge in [-0.05, 0) is 19.1 Å². The molecule has 0 saturated carbocycles. The summed E-state index contributed by atoms with van der Waals surface area (Å²) in [5.41, 5.74) is 2.43. The third-order valence-electron chi connectivity index (χ3n) is 2.72. The molecule has 0 atom stereocenters. The van der Waals surface area contributed by atoms with Crippen LogP contribution in [0, 0.1) is 6.92 Å². The first kappa shape index (κ1) is 10.5. The van der Waals surface area contributed by atoms with E-state index in [1.807, 2.05) is 6.92 Å². The number of aryl methyl sites for hydroxylation is 1. The number of hydrogen-bond donors (Lipinski definition) is 2. The number of pyridine rings is 1. The van der Waals surface area contributed by atoms with Gasteiger partial charge in [-0.2, -0.15) is 5.10 Å². The minimum absolute atomic E-state index is 0.185. The van der Waals surface area contributed by atoms with Crippen LogP contribution in [0.15, 0.2) is 24.5 Å². The first-order valence-corrected chi connectivity index (χ1v) is 5.25. The Morgan fingerprint density at radius 3 is 2.89 bits per heavy atom. The van der Waals surface area contributed by atoms with E-state index in [0.29, 0.717) is 11.5 Å². The van der Waals surface area contributed by atoms with Crippen LogP contribution >= 0.6 is 0 Å². The smallest absolute Gasteiger partial charge is 0.337 e. The molecule has 7 nitrogen and oxygen atoms in total. The van der Waals surface area contributed by atoms with Gasteiger partial charge in [-0.3, -0.25) is 9.50 Å². The Kier molecular flexibility index (Phi) is 2.12. The van der Waals surface area contributed by atoms with E-state index in [1.165, 1.54) is 12.3 Å². The van der Waals surface area contributed by atoms with E-state index < -0.39 is 5.97 Å². The standard InChI is InChI=1S/C11H9N5O2/c1-6-8(4-12-13-6)10-15-14-9-3-2-7(11(17)18)5-16(9)10/h2-5H,1H3,(H,12,13)(H,17,18). The topological polar surface area (TPSA) is 96.2 Å². The SMILES string of the molecule is Cc1[nH]ncc1-c1nnc2ccc(C(=O)O)cn12. The molecule has 0 radical (unpaired) electrons. The number of carboxylic acids is 1. The Morgan fingerprint density at radius 2 is 2.22 bits per heavy atom. The summed E-state index contributed by atoms with van der Waals surface area (Å²) < 4.78 is 1.64. The van der Waals surface area contributed by atoms with Gasteiger partial charge in [-0.1, -0.05) is 0 Å². The highest BCUT2D eigenvalue weighted by molar-refractivity contribution is 5.87. The van der Waals surface area contributed by atoms with Crippen LogP contribution in [0.2, 0.25) is 0 Å². The molecule has 0 aliphatic rings. The lowest BCUT2D eigenvalue weighted by Crippen LogP contribution is -1.99. The zero-order valence-electron chi connectivity index (χ0n) is 9.45. The summed E-state index contributed by atoms with van der Waals surface area (Å²) in [5.74, 6) is -0.417. The van der Waals surface area contributed by atoms with Crippen LogP contribution in [0.25, 0.3) is 17.0 Å². The molecule has 0 saturated heterocycles. The third kappa shape index (κ3) is 1.45. The summed E-state index contributed by atoms with van der Waals surface area (Å²) in [4.78, 5) is 11.0. The number of aromatic carboxylic acids is 1. The highest BCUT2D eigenvalue weighted by Crippen LogP contribution is 2.20. The molecule has 3 aromatic heterocycles. The lowest BCUT2D eigenvalue weighted by molar-refractivity contribution is 0.0696.